The van der Waals surface area contributed by atoms with Crippen LogP contribution >= 0.6 is 11.6 Å². The van der Waals surface area contributed by atoms with E-state index in [-0.39, 0.29) is 0 Å². The lowest BCUT2D eigenvalue weighted by Gasteiger charge is -2.14. The maximum Gasteiger partial charge on any atom is 0.266 e. The average Bonchev–Trinajstić information content (AvgIpc) is 3.37. The SMILES string of the molecule is O=C(Nc1ccn(Cc2ccc(Cl)cc2)n1)c1cccc(N2C(=O)c3ccccc3C2=O)c1. The van der Waals surface area contributed by atoms with Crippen LogP contribution < -0.4 is 10.2 Å². The summed E-state index contributed by atoms with van der Waals surface area (Å²) in [6.07, 6.45) is 1.76. The average molecular weight is 457 g/mol. The number of nitrogens with zero attached hydrogens (tertiary/aromatic N) is 3. The minimum atomic E-state index is -0.408. The molecule has 4 aromatic rings. The summed E-state index contributed by atoms with van der Waals surface area (Å²) in [4.78, 5) is 39.4. The van der Waals surface area contributed by atoms with E-state index in [1.54, 1.807) is 59.4 Å². The molecule has 0 aliphatic carbocycles. The van der Waals surface area contributed by atoms with Crippen molar-refractivity contribution >= 4 is 40.8 Å². The van der Waals surface area contributed by atoms with Gasteiger partial charge in [0.25, 0.3) is 17.7 Å². The summed E-state index contributed by atoms with van der Waals surface area (Å²) in [7, 11) is 0. The monoisotopic (exact) mass is 456 g/mol. The molecule has 162 valence electrons. The molecule has 0 unspecified atom stereocenters. The molecule has 1 aliphatic rings. The molecule has 5 rings (SSSR count). The second-order valence-corrected chi connectivity index (χ2v) is 7.96. The zero-order valence-corrected chi connectivity index (χ0v) is 18.0. The van der Waals surface area contributed by atoms with Gasteiger partial charge in [-0.25, -0.2) is 4.90 Å². The van der Waals surface area contributed by atoms with Crippen LogP contribution in [0.1, 0.15) is 36.6 Å². The van der Waals surface area contributed by atoms with Crippen LogP contribution in [0.5, 0.6) is 0 Å². The fraction of sp³-hybridized carbons (Fsp3) is 0.0400. The van der Waals surface area contributed by atoms with E-state index >= 15 is 0 Å². The number of benzene rings is 3. The van der Waals surface area contributed by atoms with Crippen LogP contribution in [-0.2, 0) is 6.54 Å². The molecular weight excluding hydrogens is 440 g/mol. The third kappa shape index (κ3) is 4.02. The zero-order valence-electron chi connectivity index (χ0n) is 17.2. The number of rotatable bonds is 5. The number of nitrogens with one attached hydrogen (secondary N) is 1. The van der Waals surface area contributed by atoms with Gasteiger partial charge < -0.3 is 5.32 Å². The number of hydrogen-bond donors (Lipinski definition) is 1. The molecule has 1 aromatic heterocycles. The van der Waals surface area contributed by atoms with Crippen molar-refractivity contribution < 1.29 is 14.4 Å². The van der Waals surface area contributed by atoms with Crippen molar-refractivity contribution in [3.05, 3.63) is 112 Å². The molecule has 1 N–H and O–H groups in total. The molecule has 0 fully saturated rings. The highest BCUT2D eigenvalue weighted by Gasteiger charge is 2.36. The summed E-state index contributed by atoms with van der Waals surface area (Å²) < 4.78 is 1.70. The lowest BCUT2D eigenvalue weighted by Crippen LogP contribution is -2.29. The number of imide groups is 1. The summed E-state index contributed by atoms with van der Waals surface area (Å²) in [5.41, 5.74) is 2.36. The number of carbonyl (C=O) groups is 3. The van der Waals surface area contributed by atoms with E-state index in [0.29, 0.717) is 39.8 Å². The highest BCUT2D eigenvalue weighted by atomic mass is 35.5. The predicted octanol–water partition coefficient (Wildman–Crippen LogP) is 4.64. The first-order chi connectivity index (χ1) is 16.0. The van der Waals surface area contributed by atoms with E-state index in [1.807, 2.05) is 24.3 Å². The third-order valence-corrected chi connectivity index (χ3v) is 5.55. The van der Waals surface area contributed by atoms with Crippen molar-refractivity contribution in [1.29, 1.82) is 0 Å². The van der Waals surface area contributed by atoms with Gasteiger partial charge in [0.2, 0.25) is 0 Å². The van der Waals surface area contributed by atoms with Gasteiger partial charge in [-0.05, 0) is 48.0 Å². The fourth-order valence-electron chi connectivity index (χ4n) is 3.69. The van der Waals surface area contributed by atoms with E-state index in [2.05, 4.69) is 10.4 Å². The minimum Gasteiger partial charge on any atom is -0.305 e. The molecule has 33 heavy (non-hydrogen) atoms. The quantitative estimate of drug-likeness (QED) is 0.443. The maximum atomic E-state index is 12.8. The molecule has 0 bridgehead atoms. The molecule has 1 aliphatic heterocycles. The smallest absolute Gasteiger partial charge is 0.266 e. The largest absolute Gasteiger partial charge is 0.305 e. The first-order valence-electron chi connectivity index (χ1n) is 10.2. The zero-order chi connectivity index (χ0) is 22.9. The van der Waals surface area contributed by atoms with Gasteiger partial charge in [0.1, 0.15) is 0 Å². The molecule has 3 aromatic carbocycles. The van der Waals surface area contributed by atoms with E-state index < -0.39 is 17.7 Å². The molecule has 3 amide bonds. The van der Waals surface area contributed by atoms with Gasteiger partial charge in [-0.1, -0.05) is 41.9 Å². The fourth-order valence-corrected chi connectivity index (χ4v) is 3.82. The summed E-state index contributed by atoms with van der Waals surface area (Å²) in [5, 5.41) is 7.79. The third-order valence-electron chi connectivity index (χ3n) is 5.30. The Hall–Kier alpha value is -4.23. The Morgan fingerprint density at radius 1 is 0.879 bits per heavy atom. The van der Waals surface area contributed by atoms with Gasteiger partial charge in [0.05, 0.1) is 23.4 Å². The topological polar surface area (TPSA) is 84.3 Å². The van der Waals surface area contributed by atoms with Crippen molar-refractivity contribution in [3.63, 3.8) is 0 Å². The van der Waals surface area contributed by atoms with Gasteiger partial charge in [-0.3, -0.25) is 19.1 Å². The Morgan fingerprint density at radius 3 is 2.27 bits per heavy atom. The summed E-state index contributed by atoms with van der Waals surface area (Å²) in [5.74, 6) is -0.825. The highest BCUT2D eigenvalue weighted by Crippen LogP contribution is 2.28. The molecule has 0 saturated heterocycles. The first kappa shape index (κ1) is 20.7. The molecule has 2 heterocycles. The lowest BCUT2D eigenvalue weighted by atomic mass is 10.1. The Balaban J connectivity index is 1.31. The Bertz CT molecular complexity index is 1360. The molecule has 0 atom stereocenters. The van der Waals surface area contributed by atoms with Crippen LogP contribution in [0.15, 0.2) is 85.1 Å². The molecule has 8 heteroatoms. The first-order valence-corrected chi connectivity index (χ1v) is 10.5. The lowest BCUT2D eigenvalue weighted by molar-refractivity contribution is 0.0924. The van der Waals surface area contributed by atoms with Crippen LogP contribution in [0.2, 0.25) is 5.02 Å². The van der Waals surface area contributed by atoms with Crippen molar-refractivity contribution in [2.24, 2.45) is 0 Å². The van der Waals surface area contributed by atoms with Gasteiger partial charge in [0.15, 0.2) is 5.82 Å². The number of halogens is 1. The number of hydrogen-bond acceptors (Lipinski definition) is 4. The predicted molar refractivity (Wildman–Crippen MR) is 125 cm³/mol. The van der Waals surface area contributed by atoms with E-state index in [1.165, 1.54) is 6.07 Å². The van der Waals surface area contributed by atoms with Crippen molar-refractivity contribution in [2.75, 3.05) is 10.2 Å². The number of anilines is 2. The summed E-state index contributed by atoms with van der Waals surface area (Å²) in [6.45, 7) is 0.530. The summed E-state index contributed by atoms with van der Waals surface area (Å²) in [6, 6.07) is 22.2. The number of carbonyl (C=O) groups excluding carboxylic acids is 3. The van der Waals surface area contributed by atoms with Gasteiger partial charge in [-0.15, -0.1) is 0 Å². The van der Waals surface area contributed by atoms with Crippen LogP contribution in [0.3, 0.4) is 0 Å². The number of aromatic nitrogens is 2. The Labute approximate surface area is 194 Å². The standard InChI is InChI=1S/C25H17ClN4O3/c26-18-10-8-16(9-11-18)15-29-13-12-22(28-29)27-23(31)17-4-3-5-19(14-17)30-24(32)20-6-1-2-7-21(20)25(30)33/h1-14H,15H2,(H,27,28,31). The Kier molecular flexibility index (Phi) is 5.24. The number of amides is 3. The van der Waals surface area contributed by atoms with Gasteiger partial charge >= 0.3 is 0 Å². The van der Waals surface area contributed by atoms with Crippen LogP contribution in [0.4, 0.5) is 11.5 Å². The van der Waals surface area contributed by atoms with Crippen LogP contribution in [0.25, 0.3) is 0 Å². The maximum absolute atomic E-state index is 12.8. The minimum absolute atomic E-state index is 0.302. The highest BCUT2D eigenvalue weighted by molar-refractivity contribution is 6.34. The van der Waals surface area contributed by atoms with Crippen LogP contribution in [-0.4, -0.2) is 27.5 Å². The Morgan fingerprint density at radius 2 is 1.58 bits per heavy atom. The van der Waals surface area contributed by atoms with E-state index in [9.17, 15) is 14.4 Å². The second-order valence-electron chi connectivity index (χ2n) is 7.52. The normalized spacial score (nSPS) is 12.7. The van der Waals surface area contributed by atoms with E-state index in [0.717, 1.165) is 10.5 Å². The van der Waals surface area contributed by atoms with Gasteiger partial charge in [0, 0.05) is 22.8 Å². The molecular formula is C25H17ClN4O3. The molecule has 0 saturated carbocycles. The molecule has 0 radical (unpaired) electrons. The van der Waals surface area contributed by atoms with Crippen molar-refractivity contribution in [2.45, 2.75) is 6.54 Å². The van der Waals surface area contributed by atoms with E-state index in [4.69, 9.17) is 11.6 Å². The van der Waals surface area contributed by atoms with Crippen LogP contribution in [0, 0.1) is 0 Å². The molecule has 0 spiro atoms. The molecule has 7 nitrogen and oxygen atoms in total. The van der Waals surface area contributed by atoms with Crippen molar-refractivity contribution in [3.8, 4) is 0 Å². The second kappa shape index (κ2) is 8.37. The summed E-state index contributed by atoms with van der Waals surface area (Å²) >= 11 is 5.92. The van der Waals surface area contributed by atoms with Gasteiger partial charge in [-0.2, -0.15) is 5.10 Å². The van der Waals surface area contributed by atoms with Crippen molar-refractivity contribution in [1.82, 2.24) is 9.78 Å². The number of fused-ring (bicyclic) bond motifs is 1.